The van der Waals surface area contributed by atoms with Crippen molar-refractivity contribution >= 4 is 11.8 Å². The van der Waals surface area contributed by atoms with E-state index >= 15 is 0 Å². The summed E-state index contributed by atoms with van der Waals surface area (Å²) in [6, 6.07) is 9.00. The molecule has 0 aliphatic rings. The number of rotatable bonds is 9. The molecule has 0 aliphatic carbocycles. The Balaban J connectivity index is 3.05. The normalized spacial score (nSPS) is 15.8. The first-order chi connectivity index (χ1) is 10.1. The van der Waals surface area contributed by atoms with Crippen molar-refractivity contribution in [3.63, 3.8) is 0 Å². The lowest BCUT2D eigenvalue weighted by Crippen LogP contribution is -2.43. The summed E-state index contributed by atoms with van der Waals surface area (Å²) < 4.78 is 5.55. The van der Waals surface area contributed by atoms with Crippen molar-refractivity contribution in [2.45, 2.75) is 44.8 Å². The molecular weight excluding hydrogens is 280 g/mol. The fraction of sp³-hybridized carbons (Fsp3) is 0.647. The number of hydrogen-bond acceptors (Lipinski definition) is 4. The number of nitrogens with zero attached hydrogens (tertiary/aromatic N) is 1. The van der Waals surface area contributed by atoms with E-state index in [4.69, 9.17) is 10.5 Å². The highest BCUT2D eigenvalue weighted by Gasteiger charge is 2.28. The molecule has 0 saturated heterocycles. The zero-order chi connectivity index (χ0) is 15.8. The van der Waals surface area contributed by atoms with Crippen molar-refractivity contribution in [2.24, 2.45) is 5.73 Å². The molecule has 21 heavy (non-hydrogen) atoms. The average Bonchev–Trinajstić information content (AvgIpc) is 2.52. The van der Waals surface area contributed by atoms with E-state index in [2.05, 4.69) is 44.2 Å². The molecule has 0 spiro atoms. The maximum absolute atomic E-state index is 6.44. The molecule has 0 saturated carbocycles. The first-order valence-electron chi connectivity index (χ1n) is 7.66. The van der Waals surface area contributed by atoms with Crippen LogP contribution in [-0.2, 0) is 0 Å². The highest BCUT2D eigenvalue weighted by molar-refractivity contribution is 7.98. The van der Waals surface area contributed by atoms with Gasteiger partial charge < -0.3 is 10.5 Å². The fourth-order valence-corrected chi connectivity index (χ4v) is 3.23. The Kier molecular flexibility index (Phi) is 8.15. The number of ether oxygens (including phenoxy) is 1. The summed E-state index contributed by atoms with van der Waals surface area (Å²) in [5.41, 5.74) is 7.63. The van der Waals surface area contributed by atoms with Crippen LogP contribution < -0.4 is 10.5 Å². The third-order valence-corrected chi connectivity index (χ3v) is 4.85. The Morgan fingerprint density at radius 3 is 2.57 bits per heavy atom. The maximum Gasteiger partial charge on any atom is 0.123 e. The van der Waals surface area contributed by atoms with Gasteiger partial charge in [-0.1, -0.05) is 25.1 Å². The Morgan fingerprint density at radius 2 is 2.00 bits per heavy atom. The molecule has 2 N–H and O–H groups in total. The molecule has 3 unspecified atom stereocenters. The second-order valence-electron chi connectivity index (χ2n) is 5.55. The van der Waals surface area contributed by atoms with Crippen LogP contribution in [0.25, 0.3) is 0 Å². The third kappa shape index (κ3) is 4.90. The Labute approximate surface area is 134 Å². The smallest absolute Gasteiger partial charge is 0.123 e. The Bertz CT molecular complexity index is 414. The van der Waals surface area contributed by atoms with Gasteiger partial charge in [-0.15, -0.1) is 0 Å². The molecule has 1 aromatic rings. The quantitative estimate of drug-likeness (QED) is 0.757. The van der Waals surface area contributed by atoms with E-state index in [0.717, 1.165) is 12.2 Å². The first kappa shape index (κ1) is 18.3. The Hall–Kier alpha value is -0.710. The topological polar surface area (TPSA) is 38.5 Å². The molecule has 0 fully saturated rings. The standard InChI is InChI=1S/C17H30N2OS/c1-6-15(18)17(19(3)13(2)11-12-21-5)14-9-7-8-10-16(14)20-4/h7-10,13,15,17H,6,11-12,18H2,1-5H3. The van der Waals surface area contributed by atoms with E-state index in [1.54, 1.807) is 7.11 Å². The number of thioether (sulfide) groups is 1. The van der Waals surface area contributed by atoms with Gasteiger partial charge in [-0.25, -0.2) is 0 Å². The van der Waals surface area contributed by atoms with Crippen molar-refractivity contribution in [1.82, 2.24) is 4.90 Å². The van der Waals surface area contributed by atoms with Crippen molar-refractivity contribution in [3.05, 3.63) is 29.8 Å². The van der Waals surface area contributed by atoms with E-state index in [-0.39, 0.29) is 12.1 Å². The zero-order valence-electron chi connectivity index (χ0n) is 14.0. The van der Waals surface area contributed by atoms with Gasteiger partial charge in [0.05, 0.1) is 13.2 Å². The summed E-state index contributed by atoms with van der Waals surface area (Å²) in [6.07, 6.45) is 4.27. The SMILES string of the molecule is CCC(N)C(c1ccccc1OC)N(C)C(C)CCSC. The molecule has 0 aromatic heterocycles. The zero-order valence-corrected chi connectivity index (χ0v) is 14.8. The first-order valence-corrected chi connectivity index (χ1v) is 9.05. The van der Waals surface area contributed by atoms with Gasteiger partial charge in [-0.05, 0) is 44.9 Å². The van der Waals surface area contributed by atoms with Crippen LogP contribution in [-0.4, -0.2) is 43.1 Å². The number of nitrogens with two attached hydrogens (primary N) is 1. The predicted molar refractivity (Wildman–Crippen MR) is 94.2 cm³/mol. The van der Waals surface area contributed by atoms with E-state index in [0.29, 0.717) is 6.04 Å². The molecule has 0 heterocycles. The molecule has 0 bridgehead atoms. The molecule has 3 atom stereocenters. The van der Waals surface area contributed by atoms with Gasteiger partial charge in [0.2, 0.25) is 0 Å². The minimum absolute atomic E-state index is 0.100. The third-order valence-electron chi connectivity index (χ3n) is 4.21. The van der Waals surface area contributed by atoms with Crippen molar-refractivity contribution in [1.29, 1.82) is 0 Å². The van der Waals surface area contributed by atoms with Crippen molar-refractivity contribution < 1.29 is 4.74 Å². The number of para-hydroxylation sites is 1. The fourth-order valence-electron chi connectivity index (χ4n) is 2.65. The summed E-state index contributed by atoms with van der Waals surface area (Å²) in [7, 11) is 3.90. The van der Waals surface area contributed by atoms with Gasteiger partial charge in [0.15, 0.2) is 0 Å². The minimum Gasteiger partial charge on any atom is -0.496 e. The lowest BCUT2D eigenvalue weighted by atomic mass is 9.94. The van der Waals surface area contributed by atoms with Crippen LogP contribution in [0, 0.1) is 0 Å². The Morgan fingerprint density at radius 1 is 1.33 bits per heavy atom. The molecule has 0 radical (unpaired) electrons. The molecule has 3 nitrogen and oxygen atoms in total. The summed E-state index contributed by atoms with van der Waals surface area (Å²) in [4.78, 5) is 2.40. The summed E-state index contributed by atoms with van der Waals surface area (Å²) in [5, 5.41) is 0. The molecule has 1 rings (SSSR count). The molecule has 0 amide bonds. The van der Waals surface area contributed by atoms with E-state index in [1.165, 1.54) is 17.7 Å². The molecule has 0 aliphatic heterocycles. The minimum atomic E-state index is 0.100. The van der Waals surface area contributed by atoms with Gasteiger partial charge in [0.25, 0.3) is 0 Å². The molecule has 120 valence electrons. The number of likely N-dealkylation sites (N-methyl/N-ethyl adjacent to an activating group) is 1. The van der Waals surface area contributed by atoms with Gasteiger partial charge >= 0.3 is 0 Å². The van der Waals surface area contributed by atoms with Crippen LogP contribution in [0.4, 0.5) is 0 Å². The van der Waals surface area contributed by atoms with Crippen LogP contribution in [0.1, 0.15) is 38.3 Å². The monoisotopic (exact) mass is 310 g/mol. The van der Waals surface area contributed by atoms with E-state index < -0.39 is 0 Å². The number of benzene rings is 1. The largest absolute Gasteiger partial charge is 0.496 e. The second-order valence-corrected chi connectivity index (χ2v) is 6.54. The number of hydrogen-bond donors (Lipinski definition) is 1. The summed E-state index contributed by atoms with van der Waals surface area (Å²) >= 11 is 1.89. The molecule has 1 aromatic carbocycles. The van der Waals surface area contributed by atoms with Gasteiger partial charge in [0, 0.05) is 17.6 Å². The van der Waals surface area contributed by atoms with Crippen molar-refractivity contribution in [2.75, 3.05) is 26.2 Å². The lowest BCUT2D eigenvalue weighted by molar-refractivity contribution is 0.152. The van der Waals surface area contributed by atoms with Gasteiger partial charge in [-0.2, -0.15) is 11.8 Å². The van der Waals surface area contributed by atoms with Crippen LogP contribution in [0.5, 0.6) is 5.75 Å². The van der Waals surface area contributed by atoms with Crippen molar-refractivity contribution in [3.8, 4) is 5.75 Å². The van der Waals surface area contributed by atoms with Crippen LogP contribution in [0.3, 0.4) is 0 Å². The highest BCUT2D eigenvalue weighted by atomic mass is 32.2. The summed E-state index contributed by atoms with van der Waals surface area (Å²) in [6.45, 7) is 4.43. The van der Waals surface area contributed by atoms with Crippen LogP contribution in [0.15, 0.2) is 24.3 Å². The van der Waals surface area contributed by atoms with Gasteiger partial charge in [-0.3, -0.25) is 4.90 Å². The molecule has 4 heteroatoms. The van der Waals surface area contributed by atoms with Crippen LogP contribution in [0.2, 0.25) is 0 Å². The van der Waals surface area contributed by atoms with Crippen LogP contribution >= 0.6 is 11.8 Å². The highest BCUT2D eigenvalue weighted by Crippen LogP contribution is 2.33. The number of methoxy groups -OCH3 is 1. The predicted octanol–water partition coefficient (Wildman–Crippen LogP) is 3.55. The van der Waals surface area contributed by atoms with Gasteiger partial charge in [0.1, 0.15) is 5.75 Å². The summed E-state index contributed by atoms with van der Waals surface area (Å²) in [5.74, 6) is 2.10. The lowest BCUT2D eigenvalue weighted by Gasteiger charge is -2.37. The van der Waals surface area contributed by atoms with E-state index in [1.807, 2.05) is 23.9 Å². The maximum atomic E-state index is 6.44. The average molecular weight is 311 g/mol. The van der Waals surface area contributed by atoms with E-state index in [9.17, 15) is 0 Å². The second kappa shape index (κ2) is 9.34. The molecular formula is C17H30N2OS.